The van der Waals surface area contributed by atoms with E-state index in [2.05, 4.69) is 41.4 Å². The zero-order valence-corrected chi connectivity index (χ0v) is 19.5. The third-order valence-electron chi connectivity index (χ3n) is 6.18. The fourth-order valence-electron chi connectivity index (χ4n) is 4.38. The van der Waals surface area contributed by atoms with Crippen molar-refractivity contribution in [2.24, 2.45) is 5.92 Å². The van der Waals surface area contributed by atoms with Crippen LogP contribution in [0.15, 0.2) is 24.3 Å². The molecule has 0 bridgehead atoms. The monoisotopic (exact) mass is 443 g/mol. The Morgan fingerprint density at radius 2 is 1.72 bits per heavy atom. The third kappa shape index (κ3) is 8.84. The summed E-state index contributed by atoms with van der Waals surface area (Å²) in [6.07, 6.45) is 8.30. The minimum absolute atomic E-state index is 0. The molecule has 1 amide bonds. The number of hydrogen-bond donors (Lipinski definition) is 1. The Labute approximate surface area is 189 Å². The molecule has 1 aromatic carbocycles. The number of hydrogen-bond acceptors (Lipinski definition) is 3. The Bertz CT molecular complexity index is 568. The number of amides is 1. The minimum atomic E-state index is 0. The van der Waals surface area contributed by atoms with Gasteiger partial charge in [0.25, 0.3) is 0 Å². The molecule has 2 fully saturated rings. The molecule has 6 heteroatoms. The predicted octanol–water partition coefficient (Wildman–Crippen LogP) is 3.95. The number of likely N-dealkylation sites (N-methyl/N-ethyl adjacent to an activating group) is 1. The molecule has 0 radical (unpaired) electrons. The molecule has 1 unspecified atom stereocenters. The van der Waals surface area contributed by atoms with Crippen molar-refractivity contribution >= 4 is 30.7 Å². The predicted molar refractivity (Wildman–Crippen MR) is 126 cm³/mol. The van der Waals surface area contributed by atoms with Crippen molar-refractivity contribution in [3.05, 3.63) is 35.4 Å². The summed E-state index contributed by atoms with van der Waals surface area (Å²) in [6, 6.07) is 8.74. The number of carbonyl (C=O) groups excluding carboxylic acids is 1. The summed E-state index contributed by atoms with van der Waals surface area (Å²) in [5.41, 5.74) is 2.54. The first-order valence-electron chi connectivity index (χ1n) is 11.0. The van der Waals surface area contributed by atoms with E-state index >= 15 is 0 Å². The lowest BCUT2D eigenvalue weighted by Crippen LogP contribution is -2.39. The number of nitrogens with one attached hydrogen (secondary N) is 1. The highest BCUT2D eigenvalue weighted by Crippen LogP contribution is 2.16. The van der Waals surface area contributed by atoms with Gasteiger partial charge in [0.2, 0.25) is 5.91 Å². The van der Waals surface area contributed by atoms with Crippen LogP contribution in [-0.4, -0.2) is 61.5 Å². The summed E-state index contributed by atoms with van der Waals surface area (Å²) in [7, 11) is 0. The Morgan fingerprint density at radius 3 is 2.31 bits per heavy atom. The molecule has 0 aliphatic carbocycles. The molecule has 2 heterocycles. The molecule has 0 saturated carbocycles. The van der Waals surface area contributed by atoms with Crippen molar-refractivity contribution in [1.29, 1.82) is 0 Å². The summed E-state index contributed by atoms with van der Waals surface area (Å²) in [6.45, 7) is 9.48. The maximum atomic E-state index is 12.7. The maximum absolute atomic E-state index is 12.7. The van der Waals surface area contributed by atoms with Gasteiger partial charge in [-0.25, -0.2) is 0 Å². The van der Waals surface area contributed by atoms with Crippen LogP contribution in [0, 0.1) is 5.92 Å². The molecule has 3 rings (SSSR count). The molecule has 0 spiro atoms. The molecule has 166 valence electrons. The van der Waals surface area contributed by atoms with Gasteiger partial charge >= 0.3 is 0 Å². The van der Waals surface area contributed by atoms with Crippen LogP contribution >= 0.6 is 24.8 Å². The SMILES string of the molecule is CCN(CCN1CCCCCC1)C(=O)Cc1ccc(CC2CCNC2)cc1.Cl.Cl. The molecule has 2 aliphatic heterocycles. The highest BCUT2D eigenvalue weighted by molar-refractivity contribution is 5.85. The molecule has 29 heavy (non-hydrogen) atoms. The minimum Gasteiger partial charge on any atom is -0.341 e. The number of benzene rings is 1. The van der Waals surface area contributed by atoms with Crippen molar-refractivity contribution in [3.63, 3.8) is 0 Å². The van der Waals surface area contributed by atoms with Gasteiger partial charge in [-0.1, -0.05) is 37.1 Å². The quantitative estimate of drug-likeness (QED) is 0.660. The lowest BCUT2D eigenvalue weighted by Gasteiger charge is -2.26. The third-order valence-corrected chi connectivity index (χ3v) is 6.18. The average molecular weight is 444 g/mol. The van der Waals surface area contributed by atoms with E-state index in [4.69, 9.17) is 0 Å². The highest BCUT2D eigenvalue weighted by Gasteiger charge is 2.17. The van der Waals surface area contributed by atoms with E-state index < -0.39 is 0 Å². The molecule has 2 saturated heterocycles. The maximum Gasteiger partial charge on any atom is 0.227 e. The van der Waals surface area contributed by atoms with Gasteiger partial charge in [0.1, 0.15) is 0 Å². The fraction of sp³-hybridized carbons (Fsp3) is 0.696. The second kappa shape index (κ2) is 14.2. The molecular formula is C23H39Cl2N3O. The van der Waals surface area contributed by atoms with Crippen molar-refractivity contribution < 1.29 is 4.79 Å². The van der Waals surface area contributed by atoms with Crippen LogP contribution in [0.3, 0.4) is 0 Å². The van der Waals surface area contributed by atoms with Gasteiger partial charge in [0, 0.05) is 19.6 Å². The van der Waals surface area contributed by atoms with Crippen LogP contribution in [0.2, 0.25) is 0 Å². The number of rotatable bonds is 8. The van der Waals surface area contributed by atoms with E-state index in [0.29, 0.717) is 6.42 Å². The normalized spacial score (nSPS) is 19.7. The van der Waals surface area contributed by atoms with E-state index in [9.17, 15) is 4.79 Å². The smallest absolute Gasteiger partial charge is 0.227 e. The number of halogens is 2. The Kier molecular flexibility index (Phi) is 12.9. The summed E-state index contributed by atoms with van der Waals surface area (Å²) in [5, 5.41) is 3.43. The molecule has 1 atom stereocenters. The highest BCUT2D eigenvalue weighted by atomic mass is 35.5. The second-order valence-corrected chi connectivity index (χ2v) is 8.29. The van der Waals surface area contributed by atoms with Gasteiger partial charge in [-0.15, -0.1) is 24.8 Å². The van der Waals surface area contributed by atoms with E-state index in [1.165, 1.54) is 50.8 Å². The van der Waals surface area contributed by atoms with E-state index in [1.807, 2.05) is 4.90 Å². The van der Waals surface area contributed by atoms with Crippen LogP contribution in [-0.2, 0) is 17.6 Å². The fourth-order valence-corrected chi connectivity index (χ4v) is 4.38. The van der Waals surface area contributed by atoms with Gasteiger partial charge < -0.3 is 15.1 Å². The summed E-state index contributed by atoms with van der Waals surface area (Å²) < 4.78 is 0. The van der Waals surface area contributed by atoms with Crippen molar-refractivity contribution in [2.75, 3.05) is 45.8 Å². The van der Waals surface area contributed by atoms with Crippen LogP contribution < -0.4 is 5.32 Å². The Hall–Kier alpha value is -0.810. The summed E-state index contributed by atoms with van der Waals surface area (Å²) >= 11 is 0. The van der Waals surface area contributed by atoms with Gasteiger partial charge in [0.05, 0.1) is 6.42 Å². The zero-order valence-electron chi connectivity index (χ0n) is 17.9. The van der Waals surface area contributed by atoms with E-state index in [0.717, 1.165) is 50.6 Å². The summed E-state index contributed by atoms with van der Waals surface area (Å²) in [4.78, 5) is 17.3. The van der Waals surface area contributed by atoms with E-state index in [1.54, 1.807) is 0 Å². The van der Waals surface area contributed by atoms with Crippen molar-refractivity contribution in [3.8, 4) is 0 Å². The number of carbonyl (C=O) groups is 1. The van der Waals surface area contributed by atoms with Crippen LogP contribution in [0.4, 0.5) is 0 Å². The first-order chi connectivity index (χ1) is 13.2. The molecule has 2 aliphatic rings. The molecule has 4 nitrogen and oxygen atoms in total. The zero-order chi connectivity index (χ0) is 18.9. The largest absolute Gasteiger partial charge is 0.341 e. The van der Waals surface area contributed by atoms with E-state index in [-0.39, 0.29) is 30.7 Å². The second-order valence-electron chi connectivity index (χ2n) is 8.29. The first kappa shape index (κ1) is 26.2. The Morgan fingerprint density at radius 1 is 1.07 bits per heavy atom. The van der Waals surface area contributed by atoms with Gasteiger partial charge in [-0.3, -0.25) is 4.79 Å². The number of likely N-dealkylation sites (tertiary alicyclic amines) is 1. The molecule has 1 aromatic rings. The van der Waals surface area contributed by atoms with Gasteiger partial charge in [0.15, 0.2) is 0 Å². The molecule has 1 N–H and O–H groups in total. The molecular weight excluding hydrogens is 405 g/mol. The lowest BCUT2D eigenvalue weighted by molar-refractivity contribution is -0.130. The van der Waals surface area contributed by atoms with Gasteiger partial charge in [-0.2, -0.15) is 0 Å². The lowest BCUT2D eigenvalue weighted by atomic mass is 9.97. The van der Waals surface area contributed by atoms with Crippen LogP contribution in [0.5, 0.6) is 0 Å². The Balaban J connectivity index is 0.00000210. The van der Waals surface area contributed by atoms with Crippen LogP contribution in [0.1, 0.15) is 50.2 Å². The van der Waals surface area contributed by atoms with Crippen molar-refractivity contribution in [1.82, 2.24) is 15.1 Å². The standard InChI is InChI=1S/C23H37N3O.2ClH/c1-2-26(16-15-25-13-5-3-4-6-14-25)23(27)18-21-9-7-20(8-10-21)17-22-11-12-24-19-22;;/h7-10,22,24H,2-6,11-19H2,1H3;2*1H. The topological polar surface area (TPSA) is 35.6 Å². The van der Waals surface area contributed by atoms with Gasteiger partial charge in [-0.05, 0) is 75.8 Å². The average Bonchev–Trinajstić information content (AvgIpc) is 3.05. The molecule has 0 aromatic heterocycles. The first-order valence-corrected chi connectivity index (χ1v) is 11.0. The summed E-state index contributed by atoms with van der Waals surface area (Å²) in [5.74, 6) is 1.03. The van der Waals surface area contributed by atoms with Crippen LogP contribution in [0.25, 0.3) is 0 Å². The van der Waals surface area contributed by atoms with Crippen molar-refractivity contribution in [2.45, 2.75) is 51.9 Å². The number of nitrogens with zero attached hydrogens (tertiary/aromatic N) is 2.